The van der Waals surface area contributed by atoms with Gasteiger partial charge >= 0.3 is 0 Å². The minimum atomic E-state index is -0.190. The van der Waals surface area contributed by atoms with Crippen LogP contribution in [0.15, 0.2) is 53.3 Å². The molecular formula is C20H19ClN2O. The zero-order valence-electron chi connectivity index (χ0n) is 13.9. The molecule has 3 rings (SSSR count). The minimum absolute atomic E-state index is 0.108. The number of hydrogen-bond donors (Lipinski definition) is 1. The number of rotatable bonds is 2. The molecule has 0 radical (unpaired) electrons. The number of nitrogens with one attached hydrogen (secondary N) is 1. The number of aromatic nitrogens is 2. The third-order valence-corrected chi connectivity index (χ3v) is 4.20. The van der Waals surface area contributed by atoms with E-state index in [1.807, 2.05) is 24.3 Å². The van der Waals surface area contributed by atoms with Crippen molar-refractivity contribution in [3.63, 3.8) is 0 Å². The smallest absolute Gasteiger partial charge is 0.259 e. The van der Waals surface area contributed by atoms with Crippen molar-refractivity contribution >= 4 is 33.6 Å². The van der Waals surface area contributed by atoms with Crippen LogP contribution in [0.1, 0.15) is 37.7 Å². The van der Waals surface area contributed by atoms with E-state index in [9.17, 15) is 4.79 Å². The molecule has 0 saturated carbocycles. The van der Waals surface area contributed by atoms with Gasteiger partial charge in [-0.1, -0.05) is 68.8 Å². The zero-order chi connectivity index (χ0) is 17.3. The van der Waals surface area contributed by atoms with E-state index in [0.29, 0.717) is 21.8 Å². The molecule has 0 aliphatic carbocycles. The molecule has 0 fully saturated rings. The first-order valence-corrected chi connectivity index (χ1v) is 8.19. The van der Waals surface area contributed by atoms with Crippen LogP contribution in [-0.4, -0.2) is 9.97 Å². The van der Waals surface area contributed by atoms with Crippen LogP contribution in [-0.2, 0) is 5.41 Å². The summed E-state index contributed by atoms with van der Waals surface area (Å²) in [6.07, 6.45) is 1.81. The van der Waals surface area contributed by atoms with Crippen LogP contribution < -0.4 is 5.56 Å². The maximum atomic E-state index is 12.1. The molecule has 3 nitrogen and oxygen atoms in total. The fourth-order valence-corrected chi connectivity index (χ4v) is 2.71. The molecule has 4 heteroatoms. The quantitative estimate of drug-likeness (QED) is 0.718. The lowest BCUT2D eigenvalue weighted by Gasteiger charge is -2.18. The molecule has 3 aromatic rings. The Hall–Kier alpha value is -2.39. The first kappa shape index (κ1) is 16.5. The molecule has 1 aromatic heterocycles. The maximum absolute atomic E-state index is 12.1. The molecule has 1 heterocycles. The molecule has 0 spiro atoms. The average molecular weight is 339 g/mol. The zero-order valence-corrected chi connectivity index (χ0v) is 14.7. The fourth-order valence-electron chi connectivity index (χ4n) is 2.49. The van der Waals surface area contributed by atoms with Crippen molar-refractivity contribution in [2.75, 3.05) is 0 Å². The Morgan fingerprint density at radius 3 is 2.42 bits per heavy atom. The Balaban J connectivity index is 1.98. The predicted octanol–water partition coefficient (Wildman–Crippen LogP) is 4.96. The van der Waals surface area contributed by atoms with Gasteiger partial charge < -0.3 is 4.98 Å². The van der Waals surface area contributed by atoms with E-state index in [-0.39, 0.29) is 11.0 Å². The maximum Gasteiger partial charge on any atom is 0.259 e. The first-order valence-electron chi connectivity index (χ1n) is 7.82. The van der Waals surface area contributed by atoms with Crippen molar-refractivity contribution in [2.45, 2.75) is 26.2 Å². The monoisotopic (exact) mass is 338 g/mol. The molecule has 0 amide bonds. The van der Waals surface area contributed by atoms with Crippen molar-refractivity contribution < 1.29 is 0 Å². The predicted molar refractivity (Wildman–Crippen MR) is 101 cm³/mol. The van der Waals surface area contributed by atoms with Gasteiger partial charge in [-0.25, -0.2) is 4.98 Å². The highest BCUT2D eigenvalue weighted by Crippen LogP contribution is 2.24. The fraction of sp³-hybridized carbons (Fsp3) is 0.200. The van der Waals surface area contributed by atoms with Crippen LogP contribution in [0.5, 0.6) is 0 Å². The van der Waals surface area contributed by atoms with Crippen LogP contribution in [0.4, 0.5) is 0 Å². The van der Waals surface area contributed by atoms with Crippen LogP contribution in [0.3, 0.4) is 0 Å². The second-order valence-corrected chi connectivity index (χ2v) is 7.20. The molecular weight excluding hydrogens is 320 g/mol. The number of halogens is 1. The summed E-state index contributed by atoms with van der Waals surface area (Å²) in [5.41, 5.74) is 2.77. The Labute approximate surface area is 146 Å². The third kappa shape index (κ3) is 3.41. The van der Waals surface area contributed by atoms with Gasteiger partial charge in [-0.05, 0) is 34.8 Å². The van der Waals surface area contributed by atoms with Gasteiger partial charge in [-0.15, -0.1) is 0 Å². The van der Waals surface area contributed by atoms with Crippen LogP contribution in [0.25, 0.3) is 22.0 Å². The highest BCUT2D eigenvalue weighted by atomic mass is 35.5. The van der Waals surface area contributed by atoms with Gasteiger partial charge in [0.1, 0.15) is 0 Å². The normalized spacial score (nSPS) is 12.6. The summed E-state index contributed by atoms with van der Waals surface area (Å²) in [7, 11) is 0. The molecule has 122 valence electrons. The number of H-pyrrole nitrogens is 1. The van der Waals surface area contributed by atoms with Gasteiger partial charge in [0.05, 0.1) is 15.9 Å². The lowest BCUT2D eigenvalue weighted by Crippen LogP contribution is -2.10. The molecule has 0 bridgehead atoms. The van der Waals surface area contributed by atoms with Crippen molar-refractivity contribution in [3.8, 4) is 0 Å². The molecule has 0 saturated heterocycles. The number of nitrogens with zero attached hydrogens (tertiary/aromatic N) is 1. The summed E-state index contributed by atoms with van der Waals surface area (Å²) in [5, 5.41) is 0.960. The van der Waals surface area contributed by atoms with Gasteiger partial charge in [0, 0.05) is 0 Å². The van der Waals surface area contributed by atoms with Gasteiger partial charge in [-0.3, -0.25) is 4.79 Å². The van der Waals surface area contributed by atoms with Gasteiger partial charge in [0.25, 0.3) is 5.56 Å². The standard InChI is InChI=1S/C20H19ClN2O/c1-20(2,3)14-10-8-13(9-11-14)12-16(21)18-22-17-7-5-4-6-15(17)19(24)23-18/h4-12H,1-3H3,(H,22,23,24)/b16-12-. The first-order chi connectivity index (χ1) is 11.3. The Morgan fingerprint density at radius 1 is 1.08 bits per heavy atom. The van der Waals surface area contributed by atoms with Gasteiger partial charge in [0.2, 0.25) is 0 Å². The Kier molecular flexibility index (Phi) is 4.29. The highest BCUT2D eigenvalue weighted by Gasteiger charge is 2.13. The van der Waals surface area contributed by atoms with E-state index in [1.165, 1.54) is 5.56 Å². The summed E-state index contributed by atoms with van der Waals surface area (Å²) < 4.78 is 0. The lowest BCUT2D eigenvalue weighted by molar-refractivity contribution is 0.590. The molecule has 24 heavy (non-hydrogen) atoms. The van der Waals surface area contributed by atoms with Crippen molar-refractivity contribution in [1.82, 2.24) is 9.97 Å². The number of benzene rings is 2. The van der Waals surface area contributed by atoms with Crippen LogP contribution >= 0.6 is 11.6 Å². The summed E-state index contributed by atoms with van der Waals surface area (Å²) in [5.74, 6) is 0.375. The van der Waals surface area contributed by atoms with Crippen molar-refractivity contribution in [1.29, 1.82) is 0 Å². The van der Waals surface area contributed by atoms with Crippen molar-refractivity contribution in [2.24, 2.45) is 0 Å². The summed E-state index contributed by atoms with van der Waals surface area (Å²) in [4.78, 5) is 19.3. The van der Waals surface area contributed by atoms with Gasteiger partial charge in [-0.2, -0.15) is 0 Å². The minimum Gasteiger partial charge on any atom is -0.305 e. The molecule has 2 aromatic carbocycles. The topological polar surface area (TPSA) is 45.8 Å². The largest absolute Gasteiger partial charge is 0.305 e. The van der Waals surface area contributed by atoms with Crippen LogP contribution in [0.2, 0.25) is 0 Å². The highest BCUT2D eigenvalue weighted by molar-refractivity contribution is 6.50. The third-order valence-electron chi connectivity index (χ3n) is 3.91. The van der Waals surface area contributed by atoms with E-state index < -0.39 is 0 Å². The SMILES string of the molecule is CC(C)(C)c1ccc(/C=C(\Cl)c2nc3ccccc3c(=O)[nH]2)cc1. The average Bonchev–Trinajstić information content (AvgIpc) is 2.54. The summed E-state index contributed by atoms with van der Waals surface area (Å²) >= 11 is 6.37. The van der Waals surface area contributed by atoms with E-state index in [0.717, 1.165) is 5.56 Å². The second kappa shape index (κ2) is 6.25. The van der Waals surface area contributed by atoms with Gasteiger partial charge in [0.15, 0.2) is 5.82 Å². The molecule has 0 aliphatic heterocycles. The summed E-state index contributed by atoms with van der Waals surface area (Å²) in [6, 6.07) is 15.4. The number of para-hydroxylation sites is 1. The molecule has 0 unspecified atom stereocenters. The van der Waals surface area contributed by atoms with E-state index in [1.54, 1.807) is 18.2 Å². The molecule has 0 atom stereocenters. The number of hydrogen-bond acceptors (Lipinski definition) is 2. The van der Waals surface area contributed by atoms with E-state index >= 15 is 0 Å². The van der Waals surface area contributed by atoms with Crippen LogP contribution in [0, 0.1) is 0 Å². The number of aromatic amines is 1. The molecule has 0 aliphatic rings. The van der Waals surface area contributed by atoms with Crippen molar-refractivity contribution in [3.05, 3.63) is 75.8 Å². The lowest BCUT2D eigenvalue weighted by atomic mass is 9.87. The van der Waals surface area contributed by atoms with E-state index in [4.69, 9.17) is 11.6 Å². The number of fused-ring (bicyclic) bond motifs is 1. The molecule has 1 N–H and O–H groups in total. The summed E-state index contributed by atoms with van der Waals surface area (Å²) in [6.45, 7) is 6.53. The van der Waals surface area contributed by atoms with E-state index in [2.05, 4.69) is 42.9 Å². The Morgan fingerprint density at radius 2 is 1.75 bits per heavy atom. The Bertz CT molecular complexity index is 963. The second-order valence-electron chi connectivity index (χ2n) is 6.80.